The number of benzene rings is 2. The summed E-state index contributed by atoms with van der Waals surface area (Å²) in [6.07, 6.45) is 1.84. The van der Waals surface area contributed by atoms with Crippen LogP contribution in [0.5, 0.6) is 11.5 Å². The van der Waals surface area contributed by atoms with E-state index in [1.807, 2.05) is 24.3 Å². The van der Waals surface area contributed by atoms with Gasteiger partial charge in [-0.3, -0.25) is 0 Å². The summed E-state index contributed by atoms with van der Waals surface area (Å²) < 4.78 is 21.5. The normalized spacial score (nSPS) is 16.2. The molecule has 1 aliphatic heterocycles. The predicted octanol–water partition coefficient (Wildman–Crippen LogP) is 4.30. The summed E-state index contributed by atoms with van der Waals surface area (Å²) in [6.45, 7) is 7.09. The average Bonchev–Trinajstić information content (AvgIpc) is 3.24. The maximum absolute atomic E-state index is 12.2. The monoisotopic (exact) mass is 412 g/mol. The van der Waals surface area contributed by atoms with E-state index in [1.165, 1.54) is 11.6 Å². The minimum Gasteiger partial charge on any atom is -0.482 e. The second kappa shape index (κ2) is 9.76. The summed E-state index contributed by atoms with van der Waals surface area (Å²) in [6, 6.07) is 14.0. The minimum atomic E-state index is -0.556. The Morgan fingerprint density at radius 2 is 1.83 bits per heavy atom. The zero-order valence-electron chi connectivity index (χ0n) is 17.7. The maximum atomic E-state index is 12.2. The highest BCUT2D eigenvalue weighted by Crippen LogP contribution is 2.24. The van der Waals surface area contributed by atoms with Crippen molar-refractivity contribution >= 4 is 11.9 Å². The second-order valence-corrected chi connectivity index (χ2v) is 8.30. The molecule has 3 rings (SSSR count). The number of hydrogen-bond donors (Lipinski definition) is 0. The molecule has 1 saturated heterocycles. The fourth-order valence-electron chi connectivity index (χ4n) is 3.07. The fraction of sp³-hybridized carbons (Fsp3) is 0.417. The Bertz CT molecular complexity index is 860. The molecular weight excluding hydrogens is 384 g/mol. The van der Waals surface area contributed by atoms with Gasteiger partial charge in [0, 0.05) is 6.61 Å². The van der Waals surface area contributed by atoms with Crippen LogP contribution in [0.15, 0.2) is 48.5 Å². The summed E-state index contributed by atoms with van der Waals surface area (Å²) in [7, 11) is 0. The van der Waals surface area contributed by atoms with Crippen molar-refractivity contribution in [3.05, 3.63) is 59.7 Å². The fourth-order valence-corrected chi connectivity index (χ4v) is 3.07. The molecule has 1 atom stereocenters. The molecule has 1 unspecified atom stereocenters. The Hall–Kier alpha value is -2.86. The van der Waals surface area contributed by atoms with E-state index in [1.54, 1.807) is 18.2 Å². The van der Waals surface area contributed by atoms with Crippen molar-refractivity contribution in [2.75, 3.05) is 19.8 Å². The Kier molecular flexibility index (Phi) is 7.11. The first-order valence-electron chi connectivity index (χ1n) is 10.1. The van der Waals surface area contributed by atoms with Crippen LogP contribution >= 0.6 is 0 Å². The number of esters is 2. The molecular formula is C24H28O6. The van der Waals surface area contributed by atoms with E-state index >= 15 is 0 Å². The summed E-state index contributed by atoms with van der Waals surface area (Å²) in [5.74, 6) is -0.178. The summed E-state index contributed by atoms with van der Waals surface area (Å²) in [4.78, 5) is 24.3. The van der Waals surface area contributed by atoms with Crippen LogP contribution in [0.2, 0.25) is 0 Å². The van der Waals surface area contributed by atoms with Crippen molar-refractivity contribution in [1.82, 2.24) is 0 Å². The van der Waals surface area contributed by atoms with Gasteiger partial charge in [0.05, 0.1) is 11.7 Å². The van der Waals surface area contributed by atoms with Gasteiger partial charge in [-0.15, -0.1) is 0 Å². The predicted molar refractivity (Wildman–Crippen MR) is 112 cm³/mol. The average molecular weight is 412 g/mol. The van der Waals surface area contributed by atoms with Gasteiger partial charge in [-0.1, -0.05) is 39.0 Å². The first kappa shape index (κ1) is 21.8. The largest absolute Gasteiger partial charge is 0.482 e. The van der Waals surface area contributed by atoms with E-state index in [0.29, 0.717) is 17.9 Å². The second-order valence-electron chi connectivity index (χ2n) is 8.30. The molecule has 1 heterocycles. The molecule has 0 aliphatic carbocycles. The molecule has 0 aromatic heterocycles. The Morgan fingerprint density at radius 3 is 2.50 bits per heavy atom. The van der Waals surface area contributed by atoms with E-state index in [2.05, 4.69) is 20.8 Å². The van der Waals surface area contributed by atoms with Gasteiger partial charge in [0.25, 0.3) is 0 Å². The first-order chi connectivity index (χ1) is 14.3. The van der Waals surface area contributed by atoms with Crippen LogP contribution < -0.4 is 9.47 Å². The Morgan fingerprint density at radius 1 is 1.07 bits per heavy atom. The first-order valence-corrected chi connectivity index (χ1v) is 10.1. The molecule has 0 N–H and O–H groups in total. The number of hydrogen-bond acceptors (Lipinski definition) is 6. The molecule has 30 heavy (non-hydrogen) atoms. The molecule has 6 heteroatoms. The third-order valence-corrected chi connectivity index (χ3v) is 4.80. The highest BCUT2D eigenvalue weighted by atomic mass is 16.6. The lowest BCUT2D eigenvalue weighted by Crippen LogP contribution is -2.19. The zero-order chi connectivity index (χ0) is 21.6. The van der Waals surface area contributed by atoms with Crippen molar-refractivity contribution in [1.29, 1.82) is 0 Å². The molecule has 6 nitrogen and oxygen atoms in total. The lowest BCUT2D eigenvalue weighted by atomic mass is 9.87. The number of carbonyl (C=O) groups is 2. The van der Waals surface area contributed by atoms with E-state index < -0.39 is 11.9 Å². The standard InChI is InChI=1S/C24H28O6/c1-24(2,3)18-9-11-19(12-10-18)28-16-22(25)30-20-7-4-6-17(14-20)23(26)29-15-21-8-5-13-27-21/h4,6-7,9-12,14,21H,5,8,13,15-16H2,1-3H3. The van der Waals surface area contributed by atoms with Crippen LogP contribution in [0.3, 0.4) is 0 Å². The molecule has 0 spiro atoms. The van der Waals surface area contributed by atoms with Crippen LogP contribution in [0.1, 0.15) is 49.5 Å². The van der Waals surface area contributed by atoms with Crippen LogP contribution in [0.4, 0.5) is 0 Å². The van der Waals surface area contributed by atoms with E-state index in [0.717, 1.165) is 12.8 Å². The van der Waals surface area contributed by atoms with E-state index in [9.17, 15) is 9.59 Å². The molecule has 160 valence electrons. The molecule has 2 aromatic carbocycles. The topological polar surface area (TPSA) is 71.1 Å². The lowest BCUT2D eigenvalue weighted by molar-refractivity contribution is -0.136. The molecule has 0 radical (unpaired) electrons. The van der Waals surface area contributed by atoms with Crippen molar-refractivity contribution in [3.63, 3.8) is 0 Å². The molecule has 1 fully saturated rings. The highest BCUT2D eigenvalue weighted by Gasteiger charge is 2.19. The molecule has 0 bridgehead atoms. The molecule has 0 amide bonds. The smallest absolute Gasteiger partial charge is 0.349 e. The SMILES string of the molecule is CC(C)(C)c1ccc(OCC(=O)Oc2cccc(C(=O)OCC3CCCO3)c2)cc1. The molecule has 2 aromatic rings. The van der Waals surface area contributed by atoms with E-state index in [4.69, 9.17) is 18.9 Å². The van der Waals surface area contributed by atoms with Crippen molar-refractivity contribution in [3.8, 4) is 11.5 Å². The van der Waals surface area contributed by atoms with Gasteiger partial charge >= 0.3 is 11.9 Å². The number of ether oxygens (including phenoxy) is 4. The quantitative estimate of drug-likeness (QED) is 0.499. The van der Waals surface area contributed by atoms with Crippen molar-refractivity contribution < 1.29 is 28.5 Å². The molecule has 0 saturated carbocycles. The lowest BCUT2D eigenvalue weighted by Gasteiger charge is -2.19. The van der Waals surface area contributed by atoms with Crippen LogP contribution in [0.25, 0.3) is 0 Å². The molecule has 1 aliphatic rings. The van der Waals surface area contributed by atoms with Gasteiger partial charge in [0.1, 0.15) is 18.1 Å². The third-order valence-electron chi connectivity index (χ3n) is 4.80. The van der Waals surface area contributed by atoms with Crippen LogP contribution in [-0.4, -0.2) is 37.9 Å². The maximum Gasteiger partial charge on any atom is 0.349 e. The van der Waals surface area contributed by atoms with Gasteiger partial charge in [0.2, 0.25) is 0 Å². The summed E-state index contributed by atoms with van der Waals surface area (Å²) >= 11 is 0. The van der Waals surface area contributed by atoms with Crippen molar-refractivity contribution in [2.45, 2.75) is 45.1 Å². The highest BCUT2D eigenvalue weighted by molar-refractivity contribution is 5.90. The Balaban J connectivity index is 1.49. The minimum absolute atomic E-state index is 0.0374. The van der Waals surface area contributed by atoms with Gasteiger partial charge in [-0.2, -0.15) is 0 Å². The number of rotatable bonds is 7. The van der Waals surface area contributed by atoms with E-state index in [-0.39, 0.29) is 30.5 Å². The van der Waals surface area contributed by atoms with Gasteiger partial charge in [-0.05, 0) is 54.2 Å². The van der Waals surface area contributed by atoms with Gasteiger partial charge in [-0.25, -0.2) is 9.59 Å². The van der Waals surface area contributed by atoms with Crippen LogP contribution in [0, 0.1) is 0 Å². The van der Waals surface area contributed by atoms with Gasteiger partial charge in [0.15, 0.2) is 6.61 Å². The number of carbonyl (C=O) groups excluding carboxylic acids is 2. The van der Waals surface area contributed by atoms with Crippen molar-refractivity contribution in [2.24, 2.45) is 0 Å². The van der Waals surface area contributed by atoms with Gasteiger partial charge < -0.3 is 18.9 Å². The summed E-state index contributed by atoms with van der Waals surface area (Å²) in [5, 5.41) is 0. The Labute approximate surface area is 177 Å². The zero-order valence-corrected chi connectivity index (χ0v) is 17.7. The summed E-state index contributed by atoms with van der Waals surface area (Å²) in [5.41, 5.74) is 1.55. The van der Waals surface area contributed by atoms with Crippen LogP contribution in [-0.2, 0) is 19.7 Å². The third kappa shape index (κ3) is 6.32.